The first kappa shape index (κ1) is 15.4. The molecule has 1 N–H and O–H groups in total. The average molecular weight is 365 g/mol. The lowest BCUT2D eigenvalue weighted by atomic mass is 10.1. The quantitative estimate of drug-likeness (QED) is 0.664. The van der Waals surface area contributed by atoms with Crippen LogP contribution >= 0.6 is 15.9 Å². The van der Waals surface area contributed by atoms with Crippen molar-refractivity contribution < 1.29 is 27.5 Å². The molecule has 1 heterocycles. The summed E-state index contributed by atoms with van der Waals surface area (Å²) in [6, 6.07) is 1.87. The highest BCUT2D eigenvalue weighted by Crippen LogP contribution is 2.31. The molecule has 0 spiro atoms. The molecular weight excluding hydrogens is 360 g/mol. The molecule has 2 rings (SSSR count). The van der Waals surface area contributed by atoms with E-state index in [9.17, 15) is 22.4 Å². The van der Waals surface area contributed by atoms with E-state index in [1.165, 1.54) is 0 Å². The Labute approximate surface area is 123 Å². The van der Waals surface area contributed by atoms with Gasteiger partial charge in [-0.15, -0.1) is 0 Å². The molecule has 0 unspecified atom stereocenters. The van der Waals surface area contributed by atoms with Crippen molar-refractivity contribution in [1.29, 1.82) is 0 Å². The molecule has 0 aliphatic carbocycles. The Morgan fingerprint density at radius 1 is 1.29 bits per heavy atom. The second-order valence-corrected chi connectivity index (χ2v) is 4.61. The molecule has 2 aromatic rings. The van der Waals surface area contributed by atoms with Crippen molar-refractivity contribution in [3.05, 3.63) is 45.7 Å². The van der Waals surface area contributed by atoms with Gasteiger partial charge < -0.3 is 5.11 Å². The van der Waals surface area contributed by atoms with Crippen molar-refractivity contribution in [3.8, 4) is 11.4 Å². The van der Waals surface area contributed by atoms with Gasteiger partial charge in [-0.05, 0) is 28.1 Å². The number of nitrogens with zero attached hydrogens (tertiary/aromatic N) is 2. The fourth-order valence-electron chi connectivity index (χ4n) is 1.55. The molecule has 9 heteroatoms. The summed E-state index contributed by atoms with van der Waals surface area (Å²) < 4.78 is 51.7. The maximum absolute atomic E-state index is 13.4. The van der Waals surface area contributed by atoms with E-state index in [2.05, 4.69) is 25.9 Å². The average Bonchev–Trinajstić information content (AvgIpc) is 2.44. The Hall–Kier alpha value is -2.03. The molecule has 0 fully saturated rings. The Bertz CT molecular complexity index is 725. The Morgan fingerprint density at radius 3 is 2.52 bits per heavy atom. The molecule has 4 nitrogen and oxygen atoms in total. The lowest BCUT2D eigenvalue weighted by Crippen LogP contribution is -2.08. The first-order valence-electron chi connectivity index (χ1n) is 5.35. The molecule has 0 aliphatic heterocycles. The summed E-state index contributed by atoms with van der Waals surface area (Å²) in [6.07, 6.45) is -2.46. The van der Waals surface area contributed by atoms with Crippen molar-refractivity contribution >= 4 is 21.9 Å². The van der Waals surface area contributed by atoms with Crippen LogP contribution < -0.4 is 0 Å². The summed E-state index contributed by atoms with van der Waals surface area (Å²) >= 11 is 2.78. The number of halogens is 5. The molecule has 0 saturated carbocycles. The van der Waals surface area contributed by atoms with Crippen LogP contribution in [0.25, 0.3) is 11.4 Å². The van der Waals surface area contributed by atoms with Crippen LogP contribution in [0.3, 0.4) is 0 Å². The molecule has 1 aromatic carbocycles. The van der Waals surface area contributed by atoms with Crippen molar-refractivity contribution in [1.82, 2.24) is 9.97 Å². The van der Waals surface area contributed by atoms with E-state index in [-0.39, 0.29) is 15.9 Å². The fourth-order valence-corrected chi connectivity index (χ4v) is 2.05. The monoisotopic (exact) mass is 364 g/mol. The van der Waals surface area contributed by atoms with Crippen molar-refractivity contribution in [2.24, 2.45) is 0 Å². The first-order chi connectivity index (χ1) is 9.82. The summed E-state index contributed by atoms with van der Waals surface area (Å²) in [5.74, 6) is -4.32. The summed E-state index contributed by atoms with van der Waals surface area (Å²) in [5, 5.41) is 8.78. The molecule has 0 aliphatic rings. The van der Waals surface area contributed by atoms with E-state index in [4.69, 9.17) is 5.11 Å². The third-order valence-electron chi connectivity index (χ3n) is 2.53. The number of benzene rings is 1. The summed E-state index contributed by atoms with van der Waals surface area (Å²) in [7, 11) is 0. The van der Waals surface area contributed by atoms with Gasteiger partial charge in [-0.1, -0.05) is 0 Å². The number of aromatic carboxylic acids is 1. The number of rotatable bonds is 3. The maximum Gasteiger partial charge on any atom is 0.339 e. The standard InChI is InChI=1S/C12H5BrF4N2O2/c13-7-4(1-2-6(14)8(7)15)11-18-3-5(12(20)21)9(19-11)10(16)17/h1-3,10H,(H,20,21). The predicted octanol–water partition coefficient (Wildman–Crippen LogP) is 3.82. The number of carboxylic acid groups (broad SMARTS) is 1. The summed E-state index contributed by atoms with van der Waals surface area (Å²) in [4.78, 5) is 17.8. The fraction of sp³-hybridized carbons (Fsp3) is 0.0833. The summed E-state index contributed by atoms with van der Waals surface area (Å²) in [6.45, 7) is 0. The van der Waals surface area contributed by atoms with Crippen LogP contribution in [0.5, 0.6) is 0 Å². The van der Waals surface area contributed by atoms with Crippen molar-refractivity contribution in [2.75, 3.05) is 0 Å². The molecule has 0 amide bonds. The zero-order valence-corrected chi connectivity index (χ0v) is 11.5. The minimum atomic E-state index is -3.15. The second-order valence-electron chi connectivity index (χ2n) is 3.82. The normalized spacial score (nSPS) is 11.0. The number of hydrogen-bond donors (Lipinski definition) is 1. The van der Waals surface area contributed by atoms with Crippen LogP contribution in [0.2, 0.25) is 0 Å². The molecule has 0 radical (unpaired) electrons. The molecule has 0 saturated heterocycles. The van der Waals surface area contributed by atoms with Gasteiger partial charge in [-0.2, -0.15) is 0 Å². The van der Waals surface area contributed by atoms with E-state index in [0.717, 1.165) is 12.1 Å². The minimum Gasteiger partial charge on any atom is -0.478 e. The van der Waals surface area contributed by atoms with Gasteiger partial charge in [0.25, 0.3) is 6.43 Å². The Kier molecular flexibility index (Phi) is 4.21. The van der Waals surface area contributed by atoms with E-state index in [0.29, 0.717) is 6.20 Å². The van der Waals surface area contributed by atoms with Gasteiger partial charge in [0.05, 0.1) is 4.47 Å². The Balaban J connectivity index is 2.64. The molecule has 0 atom stereocenters. The number of hydrogen-bond acceptors (Lipinski definition) is 3. The zero-order chi connectivity index (χ0) is 15.7. The maximum atomic E-state index is 13.4. The van der Waals surface area contributed by atoms with Crippen LogP contribution in [0.1, 0.15) is 22.5 Å². The van der Waals surface area contributed by atoms with Crippen molar-refractivity contribution in [2.45, 2.75) is 6.43 Å². The van der Waals surface area contributed by atoms with E-state index < -0.39 is 35.3 Å². The lowest BCUT2D eigenvalue weighted by Gasteiger charge is -2.08. The van der Waals surface area contributed by atoms with Gasteiger partial charge in [0.2, 0.25) is 0 Å². The largest absolute Gasteiger partial charge is 0.478 e. The third-order valence-corrected chi connectivity index (χ3v) is 3.31. The van der Waals surface area contributed by atoms with E-state index >= 15 is 0 Å². The number of carbonyl (C=O) groups is 1. The SMILES string of the molecule is O=C(O)c1cnc(-c2ccc(F)c(F)c2Br)nc1C(F)F. The van der Waals surface area contributed by atoms with E-state index in [1.54, 1.807) is 0 Å². The van der Waals surface area contributed by atoms with Gasteiger partial charge in [-0.25, -0.2) is 32.3 Å². The molecule has 21 heavy (non-hydrogen) atoms. The second kappa shape index (κ2) is 5.76. The lowest BCUT2D eigenvalue weighted by molar-refractivity contribution is 0.0681. The van der Waals surface area contributed by atoms with Crippen LogP contribution in [0, 0.1) is 11.6 Å². The van der Waals surface area contributed by atoms with Crippen LogP contribution in [0.15, 0.2) is 22.8 Å². The first-order valence-corrected chi connectivity index (χ1v) is 6.14. The highest BCUT2D eigenvalue weighted by atomic mass is 79.9. The minimum absolute atomic E-state index is 0.0762. The van der Waals surface area contributed by atoms with Crippen LogP contribution in [-0.4, -0.2) is 21.0 Å². The number of carboxylic acids is 1. The van der Waals surface area contributed by atoms with Gasteiger partial charge in [0, 0.05) is 11.8 Å². The van der Waals surface area contributed by atoms with Gasteiger partial charge in [0.15, 0.2) is 17.5 Å². The Morgan fingerprint density at radius 2 is 1.95 bits per heavy atom. The van der Waals surface area contributed by atoms with Crippen molar-refractivity contribution in [3.63, 3.8) is 0 Å². The topological polar surface area (TPSA) is 63.1 Å². The highest BCUT2D eigenvalue weighted by Gasteiger charge is 2.23. The van der Waals surface area contributed by atoms with Crippen LogP contribution in [-0.2, 0) is 0 Å². The van der Waals surface area contributed by atoms with Gasteiger partial charge >= 0.3 is 5.97 Å². The van der Waals surface area contributed by atoms with Crippen LogP contribution in [0.4, 0.5) is 17.6 Å². The molecule has 1 aromatic heterocycles. The number of aromatic nitrogens is 2. The number of alkyl halides is 2. The molecule has 110 valence electrons. The summed E-state index contributed by atoms with van der Waals surface area (Å²) in [5.41, 5.74) is -1.83. The molecule has 0 bridgehead atoms. The zero-order valence-electron chi connectivity index (χ0n) is 9.95. The smallest absolute Gasteiger partial charge is 0.339 e. The highest BCUT2D eigenvalue weighted by molar-refractivity contribution is 9.10. The third kappa shape index (κ3) is 2.87. The van der Waals surface area contributed by atoms with Gasteiger partial charge in [0.1, 0.15) is 11.3 Å². The predicted molar refractivity (Wildman–Crippen MR) is 67.0 cm³/mol. The van der Waals surface area contributed by atoms with Gasteiger partial charge in [-0.3, -0.25) is 0 Å². The van der Waals surface area contributed by atoms with E-state index in [1.807, 2.05) is 0 Å². The molecular formula is C12H5BrF4N2O2.